The van der Waals surface area contributed by atoms with Crippen LogP contribution in [0.1, 0.15) is 35.4 Å². The number of carbonyl (C=O) groups excluding carboxylic acids is 1. The fourth-order valence-corrected chi connectivity index (χ4v) is 4.19. The quantitative estimate of drug-likeness (QED) is 0.644. The Bertz CT molecular complexity index is 774. The van der Waals surface area contributed by atoms with E-state index in [0.717, 1.165) is 36.8 Å². The van der Waals surface area contributed by atoms with Crippen LogP contribution >= 0.6 is 11.3 Å². The van der Waals surface area contributed by atoms with Gasteiger partial charge in [-0.15, -0.1) is 11.3 Å². The van der Waals surface area contributed by atoms with E-state index in [1.54, 1.807) is 18.2 Å². The fourth-order valence-electron chi connectivity index (χ4n) is 3.37. The number of thiophene rings is 1. The number of hydrogen-bond donors (Lipinski definition) is 3. The lowest BCUT2D eigenvalue weighted by Crippen LogP contribution is -2.43. The molecule has 0 radical (unpaired) electrons. The van der Waals surface area contributed by atoms with Crippen molar-refractivity contribution in [2.24, 2.45) is 5.92 Å². The van der Waals surface area contributed by atoms with E-state index in [2.05, 4.69) is 5.32 Å². The minimum atomic E-state index is -4.47. The maximum atomic E-state index is 12.5. The van der Waals surface area contributed by atoms with Gasteiger partial charge in [-0.1, -0.05) is 25.0 Å². The third kappa shape index (κ3) is 5.23. The molecule has 3 N–H and O–H groups in total. The molecule has 27 heavy (non-hydrogen) atoms. The van der Waals surface area contributed by atoms with Crippen molar-refractivity contribution in [2.45, 2.75) is 38.0 Å². The number of carbonyl (C=O) groups is 1. The van der Waals surface area contributed by atoms with Crippen molar-refractivity contribution in [3.05, 3.63) is 40.6 Å². The number of benzene rings is 1. The first-order valence-corrected chi connectivity index (χ1v) is 9.69. The van der Waals surface area contributed by atoms with Gasteiger partial charge in [0.2, 0.25) is 0 Å². The summed E-state index contributed by atoms with van der Waals surface area (Å²) in [6.07, 6.45) is -0.589. The van der Waals surface area contributed by atoms with Crippen molar-refractivity contribution in [1.29, 1.82) is 0 Å². The molecule has 8 heteroatoms. The topological polar surface area (TPSA) is 61.4 Å². The molecular formula is C19H21F3N2O2S. The van der Waals surface area contributed by atoms with Crippen molar-refractivity contribution in [3.63, 3.8) is 0 Å². The predicted molar refractivity (Wildman–Crippen MR) is 99.7 cm³/mol. The smallest absolute Gasteiger partial charge is 0.396 e. The number of anilines is 1. The van der Waals surface area contributed by atoms with Gasteiger partial charge in [0.25, 0.3) is 5.91 Å². The molecule has 2 unspecified atom stereocenters. The van der Waals surface area contributed by atoms with Gasteiger partial charge in [0, 0.05) is 24.3 Å². The Kier molecular flexibility index (Phi) is 6.06. The minimum absolute atomic E-state index is 0.0190. The monoisotopic (exact) mass is 398 g/mol. The molecule has 0 bridgehead atoms. The number of nitrogens with one attached hydrogen (secondary N) is 2. The van der Waals surface area contributed by atoms with Crippen LogP contribution in [-0.4, -0.2) is 30.0 Å². The zero-order chi connectivity index (χ0) is 19.4. The van der Waals surface area contributed by atoms with Crippen LogP contribution in [0.25, 0.3) is 11.1 Å². The van der Waals surface area contributed by atoms with E-state index >= 15 is 0 Å². The summed E-state index contributed by atoms with van der Waals surface area (Å²) in [7, 11) is 0. The van der Waals surface area contributed by atoms with Crippen LogP contribution in [0.15, 0.2) is 35.7 Å². The van der Waals surface area contributed by atoms with Crippen LogP contribution in [0.3, 0.4) is 0 Å². The van der Waals surface area contributed by atoms with E-state index in [0.29, 0.717) is 4.88 Å². The minimum Gasteiger partial charge on any atom is -0.396 e. The van der Waals surface area contributed by atoms with Crippen LogP contribution in [0.5, 0.6) is 0 Å². The molecule has 4 nitrogen and oxygen atoms in total. The summed E-state index contributed by atoms with van der Waals surface area (Å²) >= 11 is 1.29. The molecule has 1 aromatic heterocycles. The molecular weight excluding hydrogens is 377 g/mol. The molecule has 0 aliphatic heterocycles. The number of rotatable bonds is 5. The Morgan fingerprint density at radius 3 is 2.52 bits per heavy atom. The molecule has 2 aromatic rings. The molecule has 2 atom stereocenters. The lowest BCUT2D eigenvalue weighted by Gasteiger charge is -2.30. The van der Waals surface area contributed by atoms with Crippen molar-refractivity contribution >= 4 is 22.9 Å². The van der Waals surface area contributed by atoms with Crippen LogP contribution in [-0.2, 0) is 0 Å². The second-order valence-electron chi connectivity index (χ2n) is 6.71. The summed E-state index contributed by atoms with van der Waals surface area (Å²) in [5.41, 5.74) is 1.49. The first-order chi connectivity index (χ1) is 12.9. The molecule has 0 saturated heterocycles. The highest BCUT2D eigenvalue weighted by Crippen LogP contribution is 2.29. The molecule has 146 valence electrons. The van der Waals surface area contributed by atoms with E-state index in [9.17, 15) is 23.1 Å². The number of amides is 1. The van der Waals surface area contributed by atoms with Gasteiger partial charge in [-0.25, -0.2) is 0 Å². The van der Waals surface area contributed by atoms with Crippen molar-refractivity contribution < 1.29 is 23.1 Å². The third-order valence-electron chi connectivity index (χ3n) is 4.79. The molecule has 1 heterocycles. The molecule has 1 fully saturated rings. The molecule has 1 aliphatic rings. The average Bonchev–Trinajstić information content (AvgIpc) is 3.12. The summed E-state index contributed by atoms with van der Waals surface area (Å²) in [4.78, 5) is 13.1. The Balaban J connectivity index is 1.66. The third-order valence-corrected chi connectivity index (χ3v) is 5.72. The largest absolute Gasteiger partial charge is 0.482 e. The van der Waals surface area contributed by atoms with Gasteiger partial charge in [0.15, 0.2) is 0 Å². The van der Waals surface area contributed by atoms with Gasteiger partial charge in [0.1, 0.15) is 0 Å². The van der Waals surface area contributed by atoms with Gasteiger partial charge >= 0.3 is 6.30 Å². The van der Waals surface area contributed by atoms with E-state index in [-0.39, 0.29) is 30.2 Å². The molecule has 3 rings (SSSR count). The first-order valence-electron chi connectivity index (χ1n) is 8.81. The van der Waals surface area contributed by atoms with Gasteiger partial charge in [-0.2, -0.15) is 13.2 Å². The highest BCUT2D eigenvalue weighted by Gasteiger charge is 2.27. The highest BCUT2D eigenvalue weighted by molar-refractivity contribution is 7.12. The lowest BCUT2D eigenvalue weighted by atomic mass is 9.85. The Morgan fingerprint density at radius 1 is 1.15 bits per heavy atom. The van der Waals surface area contributed by atoms with Crippen molar-refractivity contribution in [2.75, 3.05) is 11.9 Å². The maximum Gasteiger partial charge on any atom is 0.482 e. The van der Waals surface area contributed by atoms with Gasteiger partial charge in [-0.3, -0.25) is 10.1 Å². The zero-order valence-electron chi connectivity index (χ0n) is 14.6. The van der Waals surface area contributed by atoms with Crippen LogP contribution in [0.4, 0.5) is 18.9 Å². The van der Waals surface area contributed by atoms with Gasteiger partial charge in [0.05, 0.1) is 4.88 Å². The molecule has 1 aliphatic carbocycles. The Hall–Kier alpha value is -2.06. The van der Waals surface area contributed by atoms with Crippen molar-refractivity contribution in [3.8, 4) is 11.1 Å². The standard InChI is InChI=1S/C19H21F3N2O2S/c20-19(21,22)24-15-7-5-12(6-8-15)14-9-17(27-11-14)18(26)23-16-4-2-1-3-13(16)10-25/h5-9,11,13,16,24-25H,1-4,10H2,(H,23,26). The van der Waals surface area contributed by atoms with Crippen LogP contribution in [0.2, 0.25) is 0 Å². The second kappa shape index (κ2) is 8.31. The molecule has 1 aromatic carbocycles. The van der Waals surface area contributed by atoms with Gasteiger partial charge in [-0.05, 0) is 47.5 Å². The highest BCUT2D eigenvalue weighted by atomic mass is 32.1. The fraction of sp³-hybridized carbons (Fsp3) is 0.421. The SMILES string of the molecule is O=C(NC1CCCCC1CO)c1cc(-c2ccc(NC(F)(F)F)cc2)cs1. The first kappa shape index (κ1) is 19.7. The summed E-state index contributed by atoms with van der Waals surface area (Å²) in [6, 6.07) is 7.60. The summed E-state index contributed by atoms with van der Waals surface area (Å²) in [5, 5.41) is 15.7. The number of aliphatic hydroxyl groups is 1. The van der Waals surface area contributed by atoms with E-state index in [4.69, 9.17) is 0 Å². The van der Waals surface area contributed by atoms with Crippen LogP contribution < -0.4 is 10.6 Å². The number of alkyl halides is 3. The second-order valence-corrected chi connectivity index (χ2v) is 7.62. The predicted octanol–water partition coefficient (Wildman–Crippen LogP) is 4.63. The summed E-state index contributed by atoms with van der Waals surface area (Å²) in [5.74, 6) is -0.0808. The van der Waals surface area contributed by atoms with Crippen LogP contribution in [0, 0.1) is 5.92 Å². The zero-order valence-corrected chi connectivity index (χ0v) is 15.4. The number of aliphatic hydroxyl groups excluding tert-OH is 1. The normalized spacial score (nSPS) is 20.3. The average molecular weight is 398 g/mol. The Morgan fingerprint density at radius 2 is 1.85 bits per heavy atom. The lowest BCUT2D eigenvalue weighted by molar-refractivity contribution is -0.0999. The summed E-state index contributed by atoms with van der Waals surface area (Å²) < 4.78 is 37.0. The van der Waals surface area contributed by atoms with E-state index in [1.807, 2.05) is 5.38 Å². The van der Waals surface area contributed by atoms with E-state index < -0.39 is 6.30 Å². The van der Waals surface area contributed by atoms with Crippen molar-refractivity contribution in [1.82, 2.24) is 5.32 Å². The number of halogens is 3. The van der Waals surface area contributed by atoms with E-state index in [1.165, 1.54) is 28.8 Å². The molecule has 0 spiro atoms. The Labute approximate surface area is 159 Å². The number of hydrogen-bond acceptors (Lipinski definition) is 4. The maximum absolute atomic E-state index is 12.5. The summed E-state index contributed by atoms with van der Waals surface area (Å²) in [6.45, 7) is 0.0684. The molecule has 1 amide bonds. The van der Waals surface area contributed by atoms with Gasteiger partial charge < -0.3 is 10.4 Å². The molecule has 1 saturated carbocycles.